The lowest BCUT2D eigenvalue weighted by molar-refractivity contribution is 0.261. The van der Waals surface area contributed by atoms with Gasteiger partial charge in [-0.1, -0.05) is 43.9 Å². The Morgan fingerprint density at radius 2 is 2.05 bits per heavy atom. The van der Waals surface area contributed by atoms with E-state index in [9.17, 15) is 5.11 Å². The van der Waals surface area contributed by atoms with Crippen LogP contribution in [0.15, 0.2) is 18.2 Å². The van der Waals surface area contributed by atoms with Crippen LogP contribution >= 0.6 is 11.6 Å². The number of aromatic hydroxyl groups is 1. The third kappa shape index (κ3) is 3.87. The van der Waals surface area contributed by atoms with Crippen molar-refractivity contribution in [2.24, 2.45) is 5.92 Å². The topological polar surface area (TPSA) is 32.3 Å². The van der Waals surface area contributed by atoms with Gasteiger partial charge in [0.2, 0.25) is 0 Å². The number of phenolic OH excluding ortho intramolecular Hbond substituents is 1. The Morgan fingerprint density at radius 3 is 2.68 bits per heavy atom. The van der Waals surface area contributed by atoms with Crippen LogP contribution in [0.25, 0.3) is 0 Å². The van der Waals surface area contributed by atoms with Crippen molar-refractivity contribution in [3.05, 3.63) is 28.8 Å². The zero-order valence-corrected chi connectivity index (χ0v) is 12.4. The molecule has 1 aliphatic rings. The van der Waals surface area contributed by atoms with Crippen LogP contribution in [0.4, 0.5) is 0 Å². The van der Waals surface area contributed by atoms with E-state index in [0.717, 1.165) is 17.9 Å². The molecule has 0 aromatic heterocycles. The van der Waals surface area contributed by atoms with Gasteiger partial charge in [-0.25, -0.2) is 0 Å². The van der Waals surface area contributed by atoms with Crippen molar-refractivity contribution >= 4 is 11.6 Å². The SMILES string of the molecule is CCC(NCc1c(O)cccc1Cl)C1CCCCC1. The van der Waals surface area contributed by atoms with Crippen LogP contribution in [0.3, 0.4) is 0 Å². The number of hydrogen-bond donors (Lipinski definition) is 2. The van der Waals surface area contributed by atoms with Crippen LogP contribution in [0.2, 0.25) is 5.02 Å². The second-order valence-electron chi connectivity index (χ2n) is 5.53. The zero-order valence-electron chi connectivity index (χ0n) is 11.7. The molecular formula is C16H24ClNO. The van der Waals surface area contributed by atoms with E-state index in [0.29, 0.717) is 23.4 Å². The average Bonchev–Trinajstić information content (AvgIpc) is 2.43. The Balaban J connectivity index is 1.95. The van der Waals surface area contributed by atoms with E-state index in [1.807, 2.05) is 6.07 Å². The van der Waals surface area contributed by atoms with Gasteiger partial charge in [-0.2, -0.15) is 0 Å². The lowest BCUT2D eigenvalue weighted by Gasteiger charge is -2.30. The van der Waals surface area contributed by atoms with E-state index in [1.165, 1.54) is 32.1 Å². The first-order valence-corrected chi connectivity index (χ1v) is 7.80. The van der Waals surface area contributed by atoms with Gasteiger partial charge in [0.05, 0.1) is 0 Å². The summed E-state index contributed by atoms with van der Waals surface area (Å²) in [5, 5.41) is 14.1. The highest BCUT2D eigenvalue weighted by Crippen LogP contribution is 2.29. The summed E-state index contributed by atoms with van der Waals surface area (Å²) in [6.07, 6.45) is 7.91. The van der Waals surface area contributed by atoms with Crippen molar-refractivity contribution in [1.82, 2.24) is 5.32 Å². The van der Waals surface area contributed by atoms with Crippen molar-refractivity contribution in [1.29, 1.82) is 0 Å². The molecule has 2 nitrogen and oxygen atoms in total. The molecule has 0 aliphatic heterocycles. The van der Waals surface area contributed by atoms with Crippen LogP contribution in [-0.4, -0.2) is 11.1 Å². The lowest BCUT2D eigenvalue weighted by atomic mass is 9.83. The highest BCUT2D eigenvalue weighted by atomic mass is 35.5. The maximum atomic E-state index is 9.86. The van der Waals surface area contributed by atoms with Crippen LogP contribution < -0.4 is 5.32 Å². The number of phenols is 1. The third-order valence-corrected chi connectivity index (χ3v) is 4.65. The summed E-state index contributed by atoms with van der Waals surface area (Å²) in [7, 11) is 0. The smallest absolute Gasteiger partial charge is 0.121 e. The van der Waals surface area contributed by atoms with Gasteiger partial charge in [0.15, 0.2) is 0 Å². The molecule has 19 heavy (non-hydrogen) atoms. The molecular weight excluding hydrogens is 258 g/mol. The average molecular weight is 282 g/mol. The van der Waals surface area contributed by atoms with Gasteiger partial charge in [0.25, 0.3) is 0 Å². The molecule has 1 fully saturated rings. The number of hydrogen-bond acceptors (Lipinski definition) is 2. The number of benzene rings is 1. The van der Waals surface area contributed by atoms with E-state index in [-0.39, 0.29) is 0 Å². The van der Waals surface area contributed by atoms with Gasteiger partial charge in [0, 0.05) is 23.2 Å². The van der Waals surface area contributed by atoms with E-state index in [1.54, 1.807) is 12.1 Å². The number of halogens is 1. The molecule has 0 amide bonds. The quantitative estimate of drug-likeness (QED) is 0.833. The van der Waals surface area contributed by atoms with E-state index in [2.05, 4.69) is 12.2 Å². The van der Waals surface area contributed by atoms with E-state index in [4.69, 9.17) is 11.6 Å². The molecule has 0 saturated heterocycles. The predicted octanol–water partition coefficient (Wildman–Crippen LogP) is 4.49. The Hall–Kier alpha value is -0.730. The molecule has 2 N–H and O–H groups in total. The zero-order chi connectivity index (χ0) is 13.7. The Bertz CT molecular complexity index is 381. The monoisotopic (exact) mass is 281 g/mol. The van der Waals surface area contributed by atoms with Crippen molar-refractivity contribution in [2.45, 2.75) is 58.0 Å². The Labute approximate surface area is 121 Å². The van der Waals surface area contributed by atoms with Crippen molar-refractivity contribution in [3.8, 4) is 5.75 Å². The fourth-order valence-electron chi connectivity index (χ4n) is 3.14. The summed E-state index contributed by atoms with van der Waals surface area (Å²) >= 11 is 6.14. The van der Waals surface area contributed by atoms with Crippen LogP contribution in [0.5, 0.6) is 5.75 Å². The highest BCUT2D eigenvalue weighted by molar-refractivity contribution is 6.31. The van der Waals surface area contributed by atoms with Gasteiger partial charge in [0.1, 0.15) is 5.75 Å². The number of rotatable bonds is 5. The molecule has 0 heterocycles. The van der Waals surface area contributed by atoms with Crippen LogP contribution in [-0.2, 0) is 6.54 Å². The maximum absolute atomic E-state index is 9.86. The van der Waals surface area contributed by atoms with Gasteiger partial charge in [-0.15, -0.1) is 0 Å². The summed E-state index contributed by atoms with van der Waals surface area (Å²) < 4.78 is 0. The molecule has 0 spiro atoms. The first-order chi connectivity index (χ1) is 9.22. The summed E-state index contributed by atoms with van der Waals surface area (Å²) in [4.78, 5) is 0. The molecule has 106 valence electrons. The van der Waals surface area contributed by atoms with Gasteiger partial charge < -0.3 is 10.4 Å². The standard InChI is InChI=1S/C16H24ClNO/c1-2-15(12-7-4-3-5-8-12)18-11-13-14(17)9-6-10-16(13)19/h6,9-10,12,15,18-19H,2-5,7-8,11H2,1H3. The first-order valence-electron chi connectivity index (χ1n) is 7.42. The second kappa shape index (κ2) is 7.16. The Morgan fingerprint density at radius 1 is 1.32 bits per heavy atom. The molecule has 1 aromatic rings. The minimum atomic E-state index is 0.290. The molecule has 1 unspecified atom stereocenters. The minimum Gasteiger partial charge on any atom is -0.508 e. The third-order valence-electron chi connectivity index (χ3n) is 4.29. The Kier molecular flexibility index (Phi) is 5.53. The predicted molar refractivity (Wildman–Crippen MR) is 80.6 cm³/mol. The first kappa shape index (κ1) is 14.7. The fourth-order valence-corrected chi connectivity index (χ4v) is 3.37. The molecule has 1 aliphatic carbocycles. The van der Waals surface area contributed by atoms with E-state index >= 15 is 0 Å². The molecule has 0 radical (unpaired) electrons. The molecule has 3 heteroatoms. The van der Waals surface area contributed by atoms with Gasteiger partial charge in [-0.05, 0) is 37.3 Å². The molecule has 1 atom stereocenters. The summed E-state index contributed by atoms with van der Waals surface area (Å²) in [5.41, 5.74) is 0.818. The minimum absolute atomic E-state index is 0.290. The normalized spacial score (nSPS) is 18.4. The molecule has 1 aromatic carbocycles. The fraction of sp³-hybridized carbons (Fsp3) is 0.625. The van der Waals surface area contributed by atoms with Crippen molar-refractivity contribution in [3.63, 3.8) is 0 Å². The molecule has 0 bridgehead atoms. The number of nitrogens with one attached hydrogen (secondary N) is 1. The maximum Gasteiger partial charge on any atom is 0.121 e. The molecule has 2 rings (SSSR count). The van der Waals surface area contributed by atoms with Crippen LogP contribution in [0.1, 0.15) is 51.0 Å². The van der Waals surface area contributed by atoms with Crippen LogP contribution in [0, 0.1) is 5.92 Å². The van der Waals surface area contributed by atoms with E-state index < -0.39 is 0 Å². The lowest BCUT2D eigenvalue weighted by Crippen LogP contribution is -2.36. The highest BCUT2D eigenvalue weighted by Gasteiger charge is 2.22. The summed E-state index contributed by atoms with van der Waals surface area (Å²) in [5.74, 6) is 1.07. The van der Waals surface area contributed by atoms with Crippen molar-refractivity contribution in [2.75, 3.05) is 0 Å². The largest absolute Gasteiger partial charge is 0.508 e. The summed E-state index contributed by atoms with van der Waals surface area (Å²) in [6.45, 7) is 2.89. The molecule has 1 saturated carbocycles. The van der Waals surface area contributed by atoms with Gasteiger partial charge >= 0.3 is 0 Å². The summed E-state index contributed by atoms with van der Waals surface area (Å²) in [6, 6.07) is 5.85. The second-order valence-corrected chi connectivity index (χ2v) is 5.94. The van der Waals surface area contributed by atoms with Gasteiger partial charge in [-0.3, -0.25) is 0 Å². The van der Waals surface area contributed by atoms with Crippen molar-refractivity contribution < 1.29 is 5.11 Å².